The third kappa shape index (κ3) is 2.65. The summed E-state index contributed by atoms with van der Waals surface area (Å²) in [5.74, 6) is -0.429. The molecule has 0 N–H and O–H groups in total. The minimum absolute atomic E-state index is 0.152. The van der Waals surface area contributed by atoms with Crippen molar-refractivity contribution in [3.05, 3.63) is 35.6 Å². The largest absolute Gasteiger partial charge is 0.303 e. The molecule has 13 heavy (non-hydrogen) atoms. The van der Waals surface area contributed by atoms with Crippen molar-refractivity contribution in [3.8, 4) is 0 Å². The van der Waals surface area contributed by atoms with Gasteiger partial charge in [0.05, 0.1) is 0 Å². The van der Waals surface area contributed by atoms with Crippen LogP contribution in [0.3, 0.4) is 0 Å². The van der Waals surface area contributed by atoms with Gasteiger partial charge in [-0.1, -0.05) is 25.5 Å². The number of rotatable bonds is 4. The fourth-order valence-electron chi connectivity index (χ4n) is 1.36. The van der Waals surface area contributed by atoms with Gasteiger partial charge >= 0.3 is 0 Å². The molecule has 0 aliphatic carbocycles. The molecule has 0 heterocycles. The minimum atomic E-state index is -0.277. The average Bonchev–Trinajstić information content (AvgIpc) is 2.14. The predicted molar refractivity (Wildman–Crippen MR) is 50.1 cm³/mol. The molecule has 0 spiro atoms. The van der Waals surface area contributed by atoms with Gasteiger partial charge in [-0.15, -0.1) is 0 Å². The summed E-state index contributed by atoms with van der Waals surface area (Å²) in [6.07, 6.45) is 2.60. The van der Waals surface area contributed by atoms with Crippen LogP contribution in [-0.2, 0) is 4.79 Å². The molecule has 0 aliphatic rings. The van der Waals surface area contributed by atoms with Gasteiger partial charge in [-0.2, -0.15) is 0 Å². The van der Waals surface area contributed by atoms with E-state index in [2.05, 4.69) is 0 Å². The smallest absolute Gasteiger partial charge is 0.127 e. The van der Waals surface area contributed by atoms with E-state index in [0.29, 0.717) is 0 Å². The molecule has 0 aliphatic heterocycles. The van der Waals surface area contributed by atoms with Gasteiger partial charge in [0, 0.05) is 5.92 Å². The maximum atomic E-state index is 12.8. The van der Waals surface area contributed by atoms with Gasteiger partial charge in [0.1, 0.15) is 12.1 Å². The standard InChI is InChI=1S/C11H13FO/c1-2-4-10(8-13)9-5-3-6-11(12)7-9/h3,5-8,10H,2,4H2,1H3. The van der Waals surface area contributed by atoms with Gasteiger partial charge in [-0.3, -0.25) is 0 Å². The number of hydrogen-bond acceptors (Lipinski definition) is 1. The molecule has 0 saturated carbocycles. The topological polar surface area (TPSA) is 17.1 Å². The highest BCUT2D eigenvalue weighted by molar-refractivity contribution is 5.61. The summed E-state index contributed by atoms with van der Waals surface area (Å²) in [6.45, 7) is 2.01. The Labute approximate surface area is 77.6 Å². The van der Waals surface area contributed by atoms with Crippen LogP contribution in [0.2, 0.25) is 0 Å². The van der Waals surface area contributed by atoms with Crippen LogP contribution in [0.15, 0.2) is 24.3 Å². The lowest BCUT2D eigenvalue weighted by Gasteiger charge is -2.08. The van der Waals surface area contributed by atoms with E-state index in [9.17, 15) is 9.18 Å². The lowest BCUT2D eigenvalue weighted by molar-refractivity contribution is -0.109. The van der Waals surface area contributed by atoms with E-state index >= 15 is 0 Å². The summed E-state index contributed by atoms with van der Waals surface area (Å²) in [5.41, 5.74) is 0.775. The molecule has 2 heteroatoms. The first-order valence-corrected chi connectivity index (χ1v) is 4.48. The van der Waals surface area contributed by atoms with Crippen LogP contribution >= 0.6 is 0 Å². The molecule has 0 radical (unpaired) electrons. The van der Waals surface area contributed by atoms with Gasteiger partial charge in [0.2, 0.25) is 0 Å². The van der Waals surface area contributed by atoms with Crippen LogP contribution < -0.4 is 0 Å². The van der Waals surface area contributed by atoms with Crippen LogP contribution in [0.25, 0.3) is 0 Å². The third-order valence-corrected chi connectivity index (χ3v) is 2.04. The second-order valence-electron chi connectivity index (χ2n) is 3.09. The van der Waals surface area contributed by atoms with Gasteiger partial charge < -0.3 is 4.79 Å². The van der Waals surface area contributed by atoms with Crippen molar-refractivity contribution in [1.29, 1.82) is 0 Å². The fraction of sp³-hybridized carbons (Fsp3) is 0.364. The van der Waals surface area contributed by atoms with Crippen LogP contribution in [0, 0.1) is 5.82 Å². The van der Waals surface area contributed by atoms with Gasteiger partial charge in [-0.25, -0.2) is 4.39 Å². The molecule has 0 aromatic heterocycles. The molecular formula is C11H13FO. The number of halogens is 1. The maximum Gasteiger partial charge on any atom is 0.127 e. The second-order valence-corrected chi connectivity index (χ2v) is 3.09. The van der Waals surface area contributed by atoms with E-state index in [1.54, 1.807) is 12.1 Å². The van der Waals surface area contributed by atoms with E-state index in [1.165, 1.54) is 12.1 Å². The second kappa shape index (κ2) is 4.75. The van der Waals surface area contributed by atoms with Gasteiger partial charge in [0.25, 0.3) is 0 Å². The van der Waals surface area contributed by atoms with Crippen LogP contribution in [-0.4, -0.2) is 6.29 Å². The molecule has 0 bridgehead atoms. The third-order valence-electron chi connectivity index (χ3n) is 2.04. The minimum Gasteiger partial charge on any atom is -0.303 e. The molecule has 0 fully saturated rings. The molecule has 1 aromatic carbocycles. The Hall–Kier alpha value is -1.18. The zero-order chi connectivity index (χ0) is 9.68. The predicted octanol–water partition coefficient (Wildman–Crippen LogP) is 2.91. The zero-order valence-electron chi connectivity index (χ0n) is 7.66. The monoisotopic (exact) mass is 180 g/mol. The molecule has 0 saturated heterocycles. The molecule has 1 unspecified atom stereocenters. The molecule has 1 nitrogen and oxygen atoms in total. The summed E-state index contributed by atoms with van der Waals surface area (Å²) >= 11 is 0. The number of carbonyl (C=O) groups is 1. The number of benzene rings is 1. The van der Waals surface area contributed by atoms with E-state index in [1.807, 2.05) is 6.92 Å². The summed E-state index contributed by atoms with van der Waals surface area (Å²) in [7, 11) is 0. The van der Waals surface area contributed by atoms with E-state index < -0.39 is 0 Å². The maximum absolute atomic E-state index is 12.8. The normalized spacial score (nSPS) is 12.5. The van der Waals surface area contributed by atoms with Crippen LogP contribution in [0.1, 0.15) is 31.2 Å². The van der Waals surface area contributed by atoms with Crippen molar-refractivity contribution >= 4 is 6.29 Å². The molecule has 70 valence electrons. The van der Waals surface area contributed by atoms with E-state index in [4.69, 9.17) is 0 Å². The van der Waals surface area contributed by atoms with Crippen molar-refractivity contribution in [2.45, 2.75) is 25.7 Å². The van der Waals surface area contributed by atoms with E-state index in [0.717, 1.165) is 24.7 Å². The Morgan fingerprint density at radius 1 is 1.54 bits per heavy atom. The van der Waals surface area contributed by atoms with Gasteiger partial charge in [-0.05, 0) is 24.1 Å². The highest BCUT2D eigenvalue weighted by Gasteiger charge is 2.09. The Bertz CT molecular complexity index is 283. The summed E-state index contributed by atoms with van der Waals surface area (Å²) in [4.78, 5) is 10.7. The Balaban J connectivity index is 2.84. The molecule has 1 aromatic rings. The lowest BCUT2D eigenvalue weighted by Crippen LogP contribution is -1.99. The van der Waals surface area contributed by atoms with E-state index in [-0.39, 0.29) is 11.7 Å². The molecular weight excluding hydrogens is 167 g/mol. The Morgan fingerprint density at radius 2 is 2.31 bits per heavy atom. The SMILES string of the molecule is CCCC(C=O)c1cccc(F)c1. The summed E-state index contributed by atoms with van der Waals surface area (Å²) < 4.78 is 12.8. The van der Waals surface area contributed by atoms with Crippen molar-refractivity contribution in [2.75, 3.05) is 0 Å². The number of hydrogen-bond donors (Lipinski definition) is 0. The quantitative estimate of drug-likeness (QED) is 0.651. The first-order chi connectivity index (χ1) is 6.27. The Kier molecular flexibility index (Phi) is 3.62. The highest BCUT2D eigenvalue weighted by atomic mass is 19.1. The van der Waals surface area contributed by atoms with Crippen molar-refractivity contribution in [2.24, 2.45) is 0 Å². The lowest BCUT2D eigenvalue weighted by atomic mass is 9.96. The molecule has 1 rings (SSSR count). The highest BCUT2D eigenvalue weighted by Crippen LogP contribution is 2.19. The van der Waals surface area contributed by atoms with Crippen LogP contribution in [0.4, 0.5) is 4.39 Å². The number of aldehydes is 1. The molecule has 0 amide bonds. The molecule has 1 atom stereocenters. The fourth-order valence-corrected chi connectivity index (χ4v) is 1.36. The average molecular weight is 180 g/mol. The van der Waals surface area contributed by atoms with Crippen molar-refractivity contribution in [3.63, 3.8) is 0 Å². The first-order valence-electron chi connectivity index (χ1n) is 4.48. The Morgan fingerprint density at radius 3 is 2.85 bits per heavy atom. The van der Waals surface area contributed by atoms with Crippen LogP contribution in [0.5, 0.6) is 0 Å². The van der Waals surface area contributed by atoms with Gasteiger partial charge in [0.15, 0.2) is 0 Å². The first kappa shape index (κ1) is 9.90. The van der Waals surface area contributed by atoms with Crippen molar-refractivity contribution < 1.29 is 9.18 Å². The number of carbonyl (C=O) groups excluding carboxylic acids is 1. The van der Waals surface area contributed by atoms with Crippen molar-refractivity contribution in [1.82, 2.24) is 0 Å². The summed E-state index contributed by atoms with van der Waals surface area (Å²) in [5, 5.41) is 0. The zero-order valence-corrected chi connectivity index (χ0v) is 7.66. The summed E-state index contributed by atoms with van der Waals surface area (Å²) in [6, 6.07) is 6.24.